The smallest absolute Gasteiger partial charge is 0.223 e. The minimum absolute atomic E-state index is 0.149. The molecule has 2 rings (SSSR count). The van der Waals surface area contributed by atoms with E-state index in [1.807, 2.05) is 12.1 Å². The Balaban J connectivity index is 1.80. The van der Waals surface area contributed by atoms with Crippen molar-refractivity contribution in [3.63, 3.8) is 0 Å². The fraction of sp³-hybridized carbons (Fsp3) is 0.588. The lowest BCUT2D eigenvalue weighted by molar-refractivity contribution is -0.126. The Hall–Kier alpha value is -0.770. The molecule has 0 unspecified atom stereocenters. The predicted octanol–water partition coefficient (Wildman–Crippen LogP) is 3.98. The van der Waals surface area contributed by atoms with E-state index < -0.39 is 0 Å². The third-order valence-electron chi connectivity index (χ3n) is 4.05. The van der Waals surface area contributed by atoms with Crippen molar-refractivity contribution in [1.82, 2.24) is 10.2 Å². The van der Waals surface area contributed by atoms with Crippen LogP contribution in [0.15, 0.2) is 18.2 Å². The maximum Gasteiger partial charge on any atom is 0.223 e. The number of likely N-dealkylation sites (tertiary alicyclic amines) is 1. The molecule has 0 saturated carbocycles. The molecule has 0 spiro atoms. The Bertz CT molecular complexity index is 511. The van der Waals surface area contributed by atoms with Crippen LogP contribution in [-0.4, -0.2) is 30.4 Å². The quantitative estimate of drug-likeness (QED) is 0.877. The predicted molar refractivity (Wildman–Crippen MR) is 92.3 cm³/mol. The maximum absolute atomic E-state index is 12.1. The molecule has 1 aliphatic rings. The summed E-state index contributed by atoms with van der Waals surface area (Å²) in [5.41, 5.74) is 1.09. The highest BCUT2D eigenvalue weighted by Crippen LogP contribution is 2.25. The van der Waals surface area contributed by atoms with E-state index in [1.165, 1.54) is 0 Å². The van der Waals surface area contributed by atoms with Crippen LogP contribution in [0.3, 0.4) is 0 Å². The molecule has 1 amide bonds. The highest BCUT2D eigenvalue weighted by Gasteiger charge is 2.25. The van der Waals surface area contributed by atoms with E-state index in [-0.39, 0.29) is 11.8 Å². The summed E-state index contributed by atoms with van der Waals surface area (Å²) in [6.45, 7) is 7.66. The first-order valence-corrected chi connectivity index (χ1v) is 8.65. The van der Waals surface area contributed by atoms with Crippen LogP contribution in [0.5, 0.6) is 0 Å². The van der Waals surface area contributed by atoms with Crippen molar-refractivity contribution in [3.05, 3.63) is 33.8 Å². The van der Waals surface area contributed by atoms with E-state index >= 15 is 0 Å². The molecular formula is C17H24Cl2N2O. The Morgan fingerprint density at radius 3 is 2.59 bits per heavy atom. The molecule has 0 bridgehead atoms. The molecular weight excluding hydrogens is 319 g/mol. The number of carbonyl (C=O) groups excluding carboxylic acids is 1. The van der Waals surface area contributed by atoms with Crippen molar-refractivity contribution in [2.75, 3.05) is 19.6 Å². The van der Waals surface area contributed by atoms with Crippen LogP contribution in [-0.2, 0) is 11.3 Å². The highest BCUT2D eigenvalue weighted by atomic mass is 35.5. The first-order valence-electron chi connectivity index (χ1n) is 7.89. The van der Waals surface area contributed by atoms with Gasteiger partial charge in [-0.05, 0) is 49.5 Å². The average Bonchev–Trinajstić information content (AvgIpc) is 2.48. The molecule has 1 aromatic rings. The maximum atomic E-state index is 12.1. The Morgan fingerprint density at radius 2 is 2.00 bits per heavy atom. The first-order chi connectivity index (χ1) is 10.5. The average molecular weight is 343 g/mol. The number of hydrogen-bond donors (Lipinski definition) is 1. The minimum Gasteiger partial charge on any atom is -0.356 e. The van der Waals surface area contributed by atoms with Crippen LogP contribution in [0.25, 0.3) is 0 Å². The minimum atomic E-state index is 0.149. The van der Waals surface area contributed by atoms with Gasteiger partial charge in [-0.25, -0.2) is 0 Å². The van der Waals surface area contributed by atoms with Gasteiger partial charge >= 0.3 is 0 Å². The molecule has 1 saturated heterocycles. The zero-order chi connectivity index (χ0) is 16.1. The van der Waals surface area contributed by atoms with Gasteiger partial charge in [-0.1, -0.05) is 43.1 Å². The summed E-state index contributed by atoms with van der Waals surface area (Å²) < 4.78 is 0. The normalized spacial score (nSPS) is 17.0. The lowest BCUT2D eigenvalue weighted by atomic mass is 9.95. The molecule has 1 aromatic carbocycles. The molecule has 0 aliphatic carbocycles. The molecule has 0 atom stereocenters. The fourth-order valence-electron chi connectivity index (χ4n) is 2.69. The molecule has 1 heterocycles. The second-order valence-corrected chi connectivity index (χ2v) is 7.27. The van der Waals surface area contributed by atoms with E-state index in [0.29, 0.717) is 16.0 Å². The van der Waals surface area contributed by atoms with Crippen molar-refractivity contribution in [2.24, 2.45) is 11.8 Å². The Kier molecular flexibility index (Phi) is 6.54. The lowest BCUT2D eigenvalue weighted by Gasteiger charge is -2.31. The number of rotatable bonds is 5. The molecule has 0 radical (unpaired) electrons. The molecule has 1 N–H and O–H groups in total. The molecule has 1 aliphatic heterocycles. The number of hydrogen-bond acceptors (Lipinski definition) is 2. The van der Waals surface area contributed by atoms with Gasteiger partial charge in [-0.2, -0.15) is 0 Å². The van der Waals surface area contributed by atoms with Crippen LogP contribution in [0.4, 0.5) is 0 Å². The van der Waals surface area contributed by atoms with E-state index in [1.54, 1.807) is 6.07 Å². The first kappa shape index (κ1) is 17.6. The summed E-state index contributed by atoms with van der Waals surface area (Å²) in [6.07, 6.45) is 1.82. The van der Waals surface area contributed by atoms with E-state index in [9.17, 15) is 4.79 Å². The van der Waals surface area contributed by atoms with Crippen molar-refractivity contribution in [2.45, 2.75) is 33.2 Å². The number of halogens is 2. The van der Waals surface area contributed by atoms with Gasteiger partial charge in [-0.3, -0.25) is 9.69 Å². The monoisotopic (exact) mass is 342 g/mol. The molecule has 1 fully saturated rings. The van der Waals surface area contributed by atoms with Crippen molar-refractivity contribution in [1.29, 1.82) is 0 Å². The third kappa shape index (κ3) is 5.15. The van der Waals surface area contributed by atoms with Gasteiger partial charge in [0.15, 0.2) is 0 Å². The van der Waals surface area contributed by atoms with Gasteiger partial charge in [0, 0.05) is 29.1 Å². The summed E-state index contributed by atoms with van der Waals surface area (Å²) in [5.74, 6) is 0.852. The Labute approximate surface area is 143 Å². The molecule has 0 aromatic heterocycles. The van der Waals surface area contributed by atoms with Gasteiger partial charge in [0.2, 0.25) is 5.91 Å². The molecule has 22 heavy (non-hydrogen) atoms. The number of nitrogens with one attached hydrogen (secondary N) is 1. The van der Waals surface area contributed by atoms with Gasteiger partial charge < -0.3 is 5.32 Å². The van der Waals surface area contributed by atoms with Crippen LogP contribution in [0, 0.1) is 11.8 Å². The summed E-state index contributed by atoms with van der Waals surface area (Å²) in [7, 11) is 0. The summed E-state index contributed by atoms with van der Waals surface area (Å²) >= 11 is 12.1. The van der Waals surface area contributed by atoms with Gasteiger partial charge in [0.05, 0.1) is 0 Å². The number of benzene rings is 1. The van der Waals surface area contributed by atoms with E-state index in [0.717, 1.165) is 44.6 Å². The second kappa shape index (κ2) is 8.19. The zero-order valence-electron chi connectivity index (χ0n) is 13.2. The number of carbonyl (C=O) groups is 1. The van der Waals surface area contributed by atoms with Gasteiger partial charge in [0.25, 0.3) is 0 Å². The molecule has 5 heteroatoms. The standard InChI is InChI=1S/C17H24Cl2N2O/c1-12(2)10-20-17(22)13-5-7-21(8-6-13)11-14-3-4-15(18)9-16(14)19/h3-4,9,12-13H,5-8,10-11H2,1-2H3,(H,20,22). The van der Waals surface area contributed by atoms with E-state index in [2.05, 4.69) is 24.1 Å². The van der Waals surface area contributed by atoms with Crippen LogP contribution in [0.2, 0.25) is 10.0 Å². The topological polar surface area (TPSA) is 32.3 Å². The largest absolute Gasteiger partial charge is 0.356 e. The molecule has 3 nitrogen and oxygen atoms in total. The van der Waals surface area contributed by atoms with Gasteiger partial charge in [-0.15, -0.1) is 0 Å². The second-order valence-electron chi connectivity index (χ2n) is 6.43. The fourth-order valence-corrected chi connectivity index (χ4v) is 3.16. The number of piperidine rings is 1. The summed E-state index contributed by atoms with van der Waals surface area (Å²) in [5, 5.41) is 4.41. The molecule has 122 valence electrons. The third-order valence-corrected chi connectivity index (χ3v) is 4.64. The Morgan fingerprint density at radius 1 is 1.32 bits per heavy atom. The van der Waals surface area contributed by atoms with Crippen molar-refractivity contribution >= 4 is 29.1 Å². The zero-order valence-corrected chi connectivity index (χ0v) is 14.8. The highest BCUT2D eigenvalue weighted by molar-refractivity contribution is 6.35. The van der Waals surface area contributed by atoms with Crippen LogP contribution in [0.1, 0.15) is 32.3 Å². The summed E-state index contributed by atoms with van der Waals surface area (Å²) in [6, 6.07) is 5.63. The van der Waals surface area contributed by atoms with E-state index in [4.69, 9.17) is 23.2 Å². The summed E-state index contributed by atoms with van der Waals surface area (Å²) in [4.78, 5) is 14.4. The van der Waals surface area contributed by atoms with Gasteiger partial charge in [0.1, 0.15) is 0 Å². The number of nitrogens with zero attached hydrogens (tertiary/aromatic N) is 1. The SMILES string of the molecule is CC(C)CNC(=O)C1CCN(Cc2ccc(Cl)cc2Cl)CC1. The van der Waals surface area contributed by atoms with Crippen LogP contribution < -0.4 is 5.32 Å². The van der Waals surface area contributed by atoms with Crippen LogP contribution >= 0.6 is 23.2 Å². The van der Waals surface area contributed by atoms with Crippen molar-refractivity contribution in [3.8, 4) is 0 Å². The number of amides is 1. The van der Waals surface area contributed by atoms with Crippen molar-refractivity contribution < 1.29 is 4.79 Å². The lowest BCUT2D eigenvalue weighted by Crippen LogP contribution is -2.41.